The van der Waals surface area contributed by atoms with Crippen LogP contribution < -0.4 is 4.90 Å². The standard InChI is InChI=1S/C13H17N3O/c1-9-4-6-15-13(11(9)8-14)16(3)12-5-7-17-10(12)2/h4,6,10,12H,5,7H2,1-3H3. The molecule has 2 rings (SSSR count). The second-order valence-corrected chi connectivity index (χ2v) is 4.48. The lowest BCUT2D eigenvalue weighted by molar-refractivity contribution is 0.118. The molecule has 0 saturated carbocycles. The van der Waals surface area contributed by atoms with Gasteiger partial charge in [-0.25, -0.2) is 4.98 Å². The van der Waals surface area contributed by atoms with Crippen molar-refractivity contribution in [3.8, 4) is 6.07 Å². The van der Waals surface area contributed by atoms with Crippen molar-refractivity contribution in [3.05, 3.63) is 23.4 Å². The van der Waals surface area contributed by atoms with Gasteiger partial charge in [-0.05, 0) is 31.9 Å². The van der Waals surface area contributed by atoms with Gasteiger partial charge >= 0.3 is 0 Å². The molecule has 0 N–H and O–H groups in total. The zero-order chi connectivity index (χ0) is 12.4. The van der Waals surface area contributed by atoms with Crippen LogP contribution in [0.25, 0.3) is 0 Å². The molecule has 0 aromatic carbocycles. The lowest BCUT2D eigenvalue weighted by atomic mass is 10.1. The van der Waals surface area contributed by atoms with Crippen molar-refractivity contribution in [2.45, 2.75) is 32.4 Å². The predicted molar refractivity (Wildman–Crippen MR) is 65.9 cm³/mol. The van der Waals surface area contributed by atoms with E-state index in [1.54, 1.807) is 6.20 Å². The molecule has 1 aliphatic heterocycles. The minimum absolute atomic E-state index is 0.189. The number of nitrogens with zero attached hydrogens (tertiary/aromatic N) is 3. The fourth-order valence-electron chi connectivity index (χ4n) is 2.34. The van der Waals surface area contributed by atoms with Crippen molar-refractivity contribution in [1.29, 1.82) is 5.26 Å². The first-order chi connectivity index (χ1) is 8.15. The minimum Gasteiger partial charge on any atom is -0.376 e. The van der Waals surface area contributed by atoms with Crippen molar-refractivity contribution in [3.63, 3.8) is 0 Å². The fraction of sp³-hybridized carbons (Fsp3) is 0.538. The van der Waals surface area contributed by atoms with Crippen LogP contribution in [0.4, 0.5) is 5.82 Å². The van der Waals surface area contributed by atoms with E-state index in [1.165, 1.54) is 0 Å². The number of anilines is 1. The van der Waals surface area contributed by atoms with Gasteiger partial charge < -0.3 is 9.64 Å². The topological polar surface area (TPSA) is 49.2 Å². The number of pyridine rings is 1. The fourth-order valence-corrected chi connectivity index (χ4v) is 2.34. The molecule has 90 valence electrons. The highest BCUT2D eigenvalue weighted by Crippen LogP contribution is 2.26. The molecule has 0 bridgehead atoms. The summed E-state index contributed by atoms with van der Waals surface area (Å²) >= 11 is 0. The van der Waals surface area contributed by atoms with Gasteiger partial charge in [0.1, 0.15) is 11.9 Å². The molecular weight excluding hydrogens is 214 g/mol. The number of aryl methyl sites for hydroxylation is 1. The molecule has 0 aliphatic carbocycles. The summed E-state index contributed by atoms with van der Waals surface area (Å²) in [5.74, 6) is 0.759. The molecule has 4 heteroatoms. The van der Waals surface area contributed by atoms with Crippen molar-refractivity contribution in [1.82, 2.24) is 4.98 Å². The van der Waals surface area contributed by atoms with Gasteiger partial charge in [0.2, 0.25) is 0 Å². The van der Waals surface area contributed by atoms with Crippen LogP contribution in [0.1, 0.15) is 24.5 Å². The maximum absolute atomic E-state index is 9.21. The van der Waals surface area contributed by atoms with Gasteiger partial charge in [0.15, 0.2) is 0 Å². The van der Waals surface area contributed by atoms with Crippen LogP contribution in [0.3, 0.4) is 0 Å². The van der Waals surface area contributed by atoms with Crippen molar-refractivity contribution >= 4 is 5.82 Å². The van der Waals surface area contributed by atoms with E-state index < -0.39 is 0 Å². The monoisotopic (exact) mass is 231 g/mol. The summed E-state index contributed by atoms with van der Waals surface area (Å²) < 4.78 is 5.56. The molecule has 1 aromatic heterocycles. The molecule has 1 aliphatic rings. The second kappa shape index (κ2) is 4.72. The van der Waals surface area contributed by atoms with Crippen LogP contribution in [0.2, 0.25) is 0 Å². The summed E-state index contributed by atoms with van der Waals surface area (Å²) in [5.41, 5.74) is 1.63. The van der Waals surface area contributed by atoms with Crippen LogP contribution in [0.15, 0.2) is 12.3 Å². The minimum atomic E-state index is 0.189. The molecule has 1 aromatic rings. The molecule has 1 saturated heterocycles. The summed E-state index contributed by atoms with van der Waals surface area (Å²) in [6, 6.07) is 4.41. The van der Waals surface area contributed by atoms with E-state index in [9.17, 15) is 5.26 Å². The molecular formula is C13H17N3O. The molecule has 4 nitrogen and oxygen atoms in total. The number of nitriles is 1. The lowest BCUT2D eigenvalue weighted by Gasteiger charge is -2.28. The zero-order valence-electron chi connectivity index (χ0n) is 10.5. The largest absolute Gasteiger partial charge is 0.376 e. The summed E-state index contributed by atoms with van der Waals surface area (Å²) in [7, 11) is 1.98. The molecule has 17 heavy (non-hydrogen) atoms. The Hall–Kier alpha value is -1.60. The molecule has 1 fully saturated rings. The van der Waals surface area contributed by atoms with E-state index >= 15 is 0 Å². The van der Waals surface area contributed by atoms with E-state index in [-0.39, 0.29) is 6.10 Å². The van der Waals surface area contributed by atoms with Gasteiger partial charge in [-0.3, -0.25) is 0 Å². The third-order valence-corrected chi connectivity index (χ3v) is 3.42. The maximum atomic E-state index is 9.21. The number of likely N-dealkylation sites (N-methyl/N-ethyl adjacent to an activating group) is 1. The number of hydrogen-bond acceptors (Lipinski definition) is 4. The van der Waals surface area contributed by atoms with E-state index in [4.69, 9.17) is 4.74 Å². The highest BCUT2D eigenvalue weighted by molar-refractivity contribution is 5.57. The zero-order valence-corrected chi connectivity index (χ0v) is 10.5. The SMILES string of the molecule is Cc1ccnc(N(C)C2CCOC2C)c1C#N. The van der Waals surface area contributed by atoms with Crippen LogP contribution in [-0.2, 0) is 4.74 Å². The van der Waals surface area contributed by atoms with Crippen molar-refractivity contribution in [2.75, 3.05) is 18.6 Å². The molecule has 2 unspecified atom stereocenters. The van der Waals surface area contributed by atoms with Crippen LogP contribution >= 0.6 is 0 Å². The summed E-state index contributed by atoms with van der Waals surface area (Å²) in [6.45, 7) is 4.78. The molecule has 0 amide bonds. The number of rotatable bonds is 2. The Morgan fingerprint density at radius 1 is 1.59 bits per heavy atom. The van der Waals surface area contributed by atoms with Crippen molar-refractivity contribution in [2.24, 2.45) is 0 Å². The van der Waals surface area contributed by atoms with Gasteiger partial charge in [-0.1, -0.05) is 0 Å². The third-order valence-electron chi connectivity index (χ3n) is 3.42. The number of ether oxygens (including phenoxy) is 1. The Balaban J connectivity index is 2.34. The first-order valence-corrected chi connectivity index (χ1v) is 5.85. The van der Waals surface area contributed by atoms with E-state index in [1.807, 2.05) is 20.0 Å². The highest BCUT2D eigenvalue weighted by Gasteiger charge is 2.29. The van der Waals surface area contributed by atoms with Gasteiger partial charge in [-0.2, -0.15) is 5.26 Å². The van der Waals surface area contributed by atoms with E-state index in [2.05, 4.69) is 22.9 Å². The smallest absolute Gasteiger partial charge is 0.146 e. The van der Waals surface area contributed by atoms with E-state index in [0.29, 0.717) is 11.6 Å². The molecule has 2 heterocycles. The number of hydrogen-bond donors (Lipinski definition) is 0. The first-order valence-electron chi connectivity index (χ1n) is 5.85. The average Bonchev–Trinajstić information content (AvgIpc) is 2.74. The normalized spacial score (nSPS) is 23.4. The molecule has 0 spiro atoms. The number of aromatic nitrogens is 1. The Labute approximate surface area is 102 Å². The van der Waals surface area contributed by atoms with Crippen molar-refractivity contribution < 1.29 is 4.74 Å². The Bertz CT molecular complexity index is 452. The molecule has 0 radical (unpaired) electrons. The Morgan fingerprint density at radius 3 is 2.94 bits per heavy atom. The van der Waals surface area contributed by atoms with Gasteiger partial charge in [0.25, 0.3) is 0 Å². The Kier molecular flexibility index (Phi) is 3.30. The summed E-state index contributed by atoms with van der Waals surface area (Å²) in [5, 5.41) is 9.21. The van der Waals surface area contributed by atoms with Gasteiger partial charge in [0, 0.05) is 19.9 Å². The lowest BCUT2D eigenvalue weighted by Crippen LogP contribution is -2.37. The third kappa shape index (κ3) is 2.11. The second-order valence-electron chi connectivity index (χ2n) is 4.48. The highest BCUT2D eigenvalue weighted by atomic mass is 16.5. The van der Waals surface area contributed by atoms with Crippen LogP contribution in [-0.4, -0.2) is 30.8 Å². The maximum Gasteiger partial charge on any atom is 0.146 e. The van der Waals surface area contributed by atoms with Crippen LogP contribution in [0, 0.1) is 18.3 Å². The quantitative estimate of drug-likeness (QED) is 0.779. The van der Waals surface area contributed by atoms with E-state index in [0.717, 1.165) is 24.4 Å². The Morgan fingerprint density at radius 2 is 2.35 bits per heavy atom. The summed E-state index contributed by atoms with van der Waals surface area (Å²) in [4.78, 5) is 6.41. The van der Waals surface area contributed by atoms with Gasteiger partial charge in [-0.15, -0.1) is 0 Å². The average molecular weight is 231 g/mol. The first kappa shape index (κ1) is 11.9. The summed E-state index contributed by atoms with van der Waals surface area (Å²) in [6.07, 6.45) is 2.93. The molecule has 2 atom stereocenters. The van der Waals surface area contributed by atoms with Crippen LogP contribution in [0.5, 0.6) is 0 Å². The predicted octanol–water partition coefficient (Wildman–Crippen LogP) is 1.88. The van der Waals surface area contributed by atoms with Gasteiger partial charge in [0.05, 0.1) is 17.7 Å².